The zero-order chi connectivity index (χ0) is 7.56. The van der Waals surface area contributed by atoms with Gasteiger partial charge in [-0.05, 0) is 25.7 Å². The molecular formula is C7H14N2O. The van der Waals surface area contributed by atoms with E-state index in [1.165, 1.54) is 0 Å². The number of rotatable bonds is 2. The van der Waals surface area contributed by atoms with Gasteiger partial charge < -0.3 is 5.73 Å². The fourth-order valence-corrected chi connectivity index (χ4v) is 1.71. The molecule has 0 amide bonds. The van der Waals surface area contributed by atoms with Crippen molar-refractivity contribution in [3.05, 3.63) is 4.91 Å². The maximum Gasteiger partial charge on any atom is 0.0962 e. The van der Waals surface area contributed by atoms with Crippen LogP contribution in [-0.4, -0.2) is 12.1 Å². The molecule has 3 heteroatoms. The number of nitrogens with zero attached hydrogens (tertiary/aromatic N) is 1. The van der Waals surface area contributed by atoms with E-state index < -0.39 is 0 Å². The maximum atomic E-state index is 10.2. The number of nitroso groups, excluding NO2 is 1. The average molecular weight is 142 g/mol. The van der Waals surface area contributed by atoms with Crippen LogP contribution in [0.4, 0.5) is 0 Å². The Bertz CT molecular complexity index is 125. The molecule has 3 nitrogen and oxygen atoms in total. The van der Waals surface area contributed by atoms with Crippen LogP contribution in [0.15, 0.2) is 5.18 Å². The van der Waals surface area contributed by atoms with Crippen molar-refractivity contribution >= 4 is 0 Å². The number of nitrogens with two attached hydrogens (primary N) is 1. The summed E-state index contributed by atoms with van der Waals surface area (Å²) in [5.41, 5.74) is 5.66. The van der Waals surface area contributed by atoms with Crippen molar-refractivity contribution in [3.63, 3.8) is 0 Å². The normalized spacial score (nSPS) is 35.8. The summed E-state index contributed by atoms with van der Waals surface area (Å²) in [5, 5.41) is 3.06. The lowest BCUT2D eigenvalue weighted by molar-refractivity contribution is 0.410. The van der Waals surface area contributed by atoms with Gasteiger partial charge in [0.05, 0.1) is 6.04 Å². The SMILES string of the molecule is CC(N)C1CCC[C@H]1N=O. The van der Waals surface area contributed by atoms with Crippen molar-refractivity contribution < 1.29 is 0 Å². The Morgan fingerprint density at radius 3 is 2.70 bits per heavy atom. The molecule has 0 bridgehead atoms. The Hall–Kier alpha value is -0.440. The summed E-state index contributed by atoms with van der Waals surface area (Å²) in [6, 6.07) is 0.130. The van der Waals surface area contributed by atoms with E-state index in [0.717, 1.165) is 19.3 Å². The smallest absolute Gasteiger partial charge is 0.0962 e. The third-order valence-electron chi connectivity index (χ3n) is 2.34. The second kappa shape index (κ2) is 3.10. The molecule has 0 radical (unpaired) electrons. The van der Waals surface area contributed by atoms with Crippen molar-refractivity contribution in [2.75, 3.05) is 0 Å². The molecule has 1 aliphatic carbocycles. The molecule has 0 aromatic carbocycles. The molecule has 0 spiro atoms. The average Bonchev–Trinajstić information content (AvgIpc) is 2.33. The van der Waals surface area contributed by atoms with Crippen LogP contribution in [0, 0.1) is 10.8 Å². The van der Waals surface area contributed by atoms with Gasteiger partial charge >= 0.3 is 0 Å². The van der Waals surface area contributed by atoms with Crippen LogP contribution in [0.25, 0.3) is 0 Å². The lowest BCUT2D eigenvalue weighted by Gasteiger charge is -2.16. The molecule has 1 rings (SSSR count). The van der Waals surface area contributed by atoms with Crippen LogP contribution in [0.3, 0.4) is 0 Å². The van der Waals surface area contributed by atoms with Crippen LogP contribution in [0.1, 0.15) is 26.2 Å². The van der Waals surface area contributed by atoms with E-state index in [-0.39, 0.29) is 12.1 Å². The highest BCUT2D eigenvalue weighted by Crippen LogP contribution is 2.29. The molecule has 0 aromatic heterocycles. The predicted octanol–water partition coefficient (Wildman–Crippen LogP) is 1.27. The van der Waals surface area contributed by atoms with Gasteiger partial charge in [0, 0.05) is 6.04 Å². The molecule has 58 valence electrons. The number of hydrogen-bond donors (Lipinski definition) is 1. The summed E-state index contributed by atoms with van der Waals surface area (Å²) in [6.07, 6.45) is 3.13. The molecule has 2 N–H and O–H groups in total. The fourth-order valence-electron chi connectivity index (χ4n) is 1.71. The van der Waals surface area contributed by atoms with Gasteiger partial charge in [-0.1, -0.05) is 11.6 Å². The summed E-state index contributed by atoms with van der Waals surface area (Å²) >= 11 is 0. The molecule has 0 heterocycles. The molecule has 1 fully saturated rings. The summed E-state index contributed by atoms with van der Waals surface area (Å²) < 4.78 is 0. The summed E-state index contributed by atoms with van der Waals surface area (Å²) in [7, 11) is 0. The van der Waals surface area contributed by atoms with Crippen LogP contribution in [0.2, 0.25) is 0 Å². The summed E-state index contributed by atoms with van der Waals surface area (Å²) in [4.78, 5) is 10.2. The van der Waals surface area contributed by atoms with Crippen LogP contribution in [-0.2, 0) is 0 Å². The Morgan fingerprint density at radius 1 is 1.60 bits per heavy atom. The van der Waals surface area contributed by atoms with Crippen LogP contribution in [0.5, 0.6) is 0 Å². The second-order valence-electron chi connectivity index (χ2n) is 3.13. The standard InChI is InChI=1S/C7H14N2O/c1-5(8)6-3-2-4-7(6)9-10/h5-7H,2-4,8H2,1H3/t5?,6?,7-/m1/s1. The van der Waals surface area contributed by atoms with E-state index in [1.807, 2.05) is 6.92 Å². The first-order valence-corrected chi connectivity index (χ1v) is 3.83. The topological polar surface area (TPSA) is 55.4 Å². The highest BCUT2D eigenvalue weighted by Gasteiger charge is 2.30. The molecule has 10 heavy (non-hydrogen) atoms. The van der Waals surface area contributed by atoms with Gasteiger partial charge in [-0.15, -0.1) is 0 Å². The van der Waals surface area contributed by atoms with Crippen molar-refractivity contribution in [2.24, 2.45) is 16.8 Å². The second-order valence-corrected chi connectivity index (χ2v) is 3.13. The first kappa shape index (κ1) is 7.66. The van der Waals surface area contributed by atoms with Crippen molar-refractivity contribution in [1.82, 2.24) is 0 Å². The van der Waals surface area contributed by atoms with Gasteiger partial charge in [-0.2, -0.15) is 4.91 Å². The quantitative estimate of drug-likeness (QED) is 0.590. The Balaban J connectivity index is 2.49. The van der Waals surface area contributed by atoms with E-state index in [0.29, 0.717) is 5.92 Å². The maximum absolute atomic E-state index is 10.2. The molecule has 2 unspecified atom stereocenters. The molecule has 3 atom stereocenters. The third-order valence-corrected chi connectivity index (χ3v) is 2.34. The van der Waals surface area contributed by atoms with E-state index in [1.54, 1.807) is 0 Å². The monoisotopic (exact) mass is 142 g/mol. The molecule has 1 saturated carbocycles. The van der Waals surface area contributed by atoms with Crippen LogP contribution >= 0.6 is 0 Å². The van der Waals surface area contributed by atoms with Crippen molar-refractivity contribution in [3.8, 4) is 0 Å². The van der Waals surface area contributed by atoms with Gasteiger partial charge in [0.2, 0.25) is 0 Å². The van der Waals surface area contributed by atoms with Gasteiger partial charge in [0.1, 0.15) is 0 Å². The van der Waals surface area contributed by atoms with Gasteiger partial charge in [0.15, 0.2) is 0 Å². The molecule has 0 aliphatic heterocycles. The molecule has 0 saturated heterocycles. The third kappa shape index (κ3) is 1.34. The van der Waals surface area contributed by atoms with Crippen LogP contribution < -0.4 is 5.73 Å². The highest BCUT2D eigenvalue weighted by atomic mass is 16.3. The Labute approximate surface area is 61.0 Å². The highest BCUT2D eigenvalue weighted by molar-refractivity contribution is 4.87. The Morgan fingerprint density at radius 2 is 2.30 bits per heavy atom. The lowest BCUT2D eigenvalue weighted by Crippen LogP contribution is -2.30. The first-order valence-electron chi connectivity index (χ1n) is 3.83. The minimum absolute atomic E-state index is 0.000000000000000222. The first-order chi connectivity index (χ1) is 4.75. The lowest BCUT2D eigenvalue weighted by atomic mass is 9.97. The van der Waals surface area contributed by atoms with Crippen molar-refractivity contribution in [2.45, 2.75) is 38.3 Å². The van der Waals surface area contributed by atoms with E-state index in [4.69, 9.17) is 5.73 Å². The van der Waals surface area contributed by atoms with E-state index in [9.17, 15) is 4.91 Å². The van der Waals surface area contributed by atoms with E-state index >= 15 is 0 Å². The molecule has 1 aliphatic rings. The summed E-state index contributed by atoms with van der Waals surface area (Å²) in [6.45, 7) is 1.95. The largest absolute Gasteiger partial charge is 0.328 e. The minimum Gasteiger partial charge on any atom is -0.328 e. The fraction of sp³-hybridized carbons (Fsp3) is 1.00. The van der Waals surface area contributed by atoms with E-state index in [2.05, 4.69) is 5.18 Å². The molecule has 0 aromatic rings. The Kier molecular flexibility index (Phi) is 2.38. The molecular weight excluding hydrogens is 128 g/mol. The minimum atomic E-state index is -0.000000000000000222. The van der Waals surface area contributed by atoms with Gasteiger partial charge in [-0.25, -0.2) is 0 Å². The van der Waals surface area contributed by atoms with Crippen molar-refractivity contribution in [1.29, 1.82) is 0 Å². The predicted molar refractivity (Wildman–Crippen MR) is 40.6 cm³/mol. The number of hydrogen-bond acceptors (Lipinski definition) is 3. The zero-order valence-corrected chi connectivity index (χ0v) is 6.29. The van der Waals surface area contributed by atoms with Gasteiger partial charge in [-0.3, -0.25) is 0 Å². The van der Waals surface area contributed by atoms with Gasteiger partial charge in [0.25, 0.3) is 0 Å². The summed E-state index contributed by atoms with van der Waals surface area (Å²) in [5.74, 6) is 0.345. The zero-order valence-electron chi connectivity index (χ0n) is 6.29.